The minimum absolute atomic E-state index is 0.344. The van der Waals surface area contributed by atoms with E-state index < -0.39 is 5.97 Å². The lowest BCUT2D eigenvalue weighted by atomic mass is 10.1. The van der Waals surface area contributed by atoms with E-state index in [1.807, 2.05) is 21.5 Å². The van der Waals surface area contributed by atoms with Gasteiger partial charge in [-0.3, -0.25) is 0 Å². The summed E-state index contributed by atoms with van der Waals surface area (Å²) in [6, 6.07) is 0. The van der Waals surface area contributed by atoms with E-state index in [0.29, 0.717) is 5.82 Å². The molecule has 4 nitrogen and oxygen atoms in total. The summed E-state index contributed by atoms with van der Waals surface area (Å²) in [6.07, 6.45) is 29.8. The van der Waals surface area contributed by atoms with Crippen molar-refractivity contribution in [1.29, 1.82) is 0 Å². The third-order valence-corrected chi connectivity index (χ3v) is 6.66. The van der Waals surface area contributed by atoms with E-state index in [4.69, 9.17) is 0 Å². The summed E-state index contributed by atoms with van der Waals surface area (Å²) in [5.41, 5.74) is 0. The maximum atomic E-state index is 11.7. The second-order valence-corrected chi connectivity index (χ2v) is 9.66. The lowest BCUT2D eigenvalue weighted by Gasteiger charge is -2.06. The van der Waals surface area contributed by atoms with E-state index in [2.05, 4.69) is 13.8 Å². The molecule has 1 aromatic heterocycles. The van der Waals surface area contributed by atoms with Crippen LogP contribution in [0.25, 0.3) is 0 Å². The average molecular weight is 449 g/mol. The van der Waals surface area contributed by atoms with Gasteiger partial charge in [-0.15, -0.1) is 0 Å². The molecule has 0 saturated heterocycles. The van der Waals surface area contributed by atoms with Gasteiger partial charge in [0.1, 0.15) is 12.4 Å². The smallest absolute Gasteiger partial charge is 0.304 e. The average Bonchev–Trinajstić information content (AvgIpc) is 3.19. The predicted octanol–water partition coefficient (Wildman–Crippen LogP) is 6.98. The van der Waals surface area contributed by atoms with Crippen molar-refractivity contribution in [3.05, 3.63) is 18.2 Å². The van der Waals surface area contributed by atoms with Crippen molar-refractivity contribution in [2.75, 3.05) is 0 Å². The Balaban J connectivity index is 2.15. The second kappa shape index (κ2) is 20.3. The van der Waals surface area contributed by atoms with Crippen LogP contribution in [-0.2, 0) is 13.1 Å². The molecule has 186 valence electrons. The van der Waals surface area contributed by atoms with Gasteiger partial charge in [0, 0.05) is 0 Å². The molecule has 4 heteroatoms. The van der Waals surface area contributed by atoms with Crippen molar-refractivity contribution >= 4 is 5.97 Å². The minimum Gasteiger partial charge on any atom is -0.538 e. The van der Waals surface area contributed by atoms with Gasteiger partial charge >= 0.3 is 5.82 Å². The highest BCUT2D eigenvalue weighted by Crippen LogP contribution is 2.12. The number of hydrogen-bond donors (Lipinski definition) is 0. The molecule has 0 aliphatic rings. The predicted molar refractivity (Wildman–Crippen MR) is 133 cm³/mol. The maximum absolute atomic E-state index is 11.7. The largest absolute Gasteiger partial charge is 0.538 e. The third-order valence-electron chi connectivity index (χ3n) is 6.66. The number of aromatic nitrogens is 2. The number of hydrogen-bond acceptors (Lipinski definition) is 2. The molecule has 1 aromatic rings. The van der Waals surface area contributed by atoms with E-state index >= 15 is 0 Å². The topological polar surface area (TPSA) is 48.9 Å². The quantitative estimate of drug-likeness (QED) is 0.134. The monoisotopic (exact) mass is 448 g/mol. The van der Waals surface area contributed by atoms with Crippen molar-refractivity contribution in [2.24, 2.45) is 0 Å². The second-order valence-electron chi connectivity index (χ2n) is 9.66. The summed E-state index contributed by atoms with van der Waals surface area (Å²) < 4.78 is 3.77. The zero-order chi connectivity index (χ0) is 23.3. The van der Waals surface area contributed by atoms with Crippen LogP contribution < -0.4 is 9.67 Å². The first-order valence-corrected chi connectivity index (χ1v) is 14.0. The van der Waals surface area contributed by atoms with Crippen LogP contribution in [0.5, 0.6) is 0 Å². The fourth-order valence-corrected chi connectivity index (χ4v) is 4.60. The van der Waals surface area contributed by atoms with Gasteiger partial charge in [-0.25, -0.2) is 9.13 Å². The van der Waals surface area contributed by atoms with Crippen LogP contribution in [0.4, 0.5) is 0 Å². The number of unbranched alkanes of at least 4 members (excludes halogenated alkanes) is 18. The minimum atomic E-state index is -1.05. The summed E-state index contributed by atoms with van der Waals surface area (Å²) in [5, 5.41) is 11.7. The van der Waals surface area contributed by atoms with E-state index in [9.17, 15) is 9.90 Å². The number of imidazole rings is 1. The lowest BCUT2D eigenvalue weighted by molar-refractivity contribution is -0.701. The van der Waals surface area contributed by atoms with Crippen LogP contribution in [0.2, 0.25) is 0 Å². The fraction of sp³-hybridized carbons (Fsp3) is 0.857. The standard InChI is InChI=1S/C28H52N2O2/c1-3-5-7-9-11-13-15-17-19-21-23-29-25-26-30(27(29)28(31)32)24-22-20-18-16-14-12-10-8-6-4-2/h25-26H,3-24H2,1-2H3. The molecule has 0 aliphatic heterocycles. The summed E-state index contributed by atoms with van der Waals surface area (Å²) in [5.74, 6) is -0.703. The van der Waals surface area contributed by atoms with E-state index in [0.717, 1.165) is 25.9 Å². The normalized spacial score (nSPS) is 11.3. The van der Waals surface area contributed by atoms with Gasteiger partial charge in [0.15, 0.2) is 5.97 Å². The molecule has 0 N–H and O–H groups in total. The molecule has 0 aliphatic carbocycles. The maximum Gasteiger partial charge on any atom is 0.304 e. The summed E-state index contributed by atoms with van der Waals surface area (Å²) >= 11 is 0. The van der Waals surface area contributed by atoms with Crippen LogP contribution in [0, 0.1) is 0 Å². The Bertz CT molecular complexity index is 526. The van der Waals surface area contributed by atoms with Crippen LogP contribution in [0.15, 0.2) is 12.4 Å². The van der Waals surface area contributed by atoms with Gasteiger partial charge in [0.25, 0.3) is 0 Å². The van der Waals surface area contributed by atoms with Crippen LogP contribution in [-0.4, -0.2) is 10.5 Å². The molecule has 0 bridgehead atoms. The van der Waals surface area contributed by atoms with Crippen molar-refractivity contribution in [1.82, 2.24) is 4.57 Å². The summed E-state index contributed by atoms with van der Waals surface area (Å²) in [6.45, 7) is 6.09. The number of aryl methyl sites for hydroxylation is 2. The molecule has 0 unspecified atom stereocenters. The number of carbonyl (C=O) groups excluding carboxylic acids is 1. The van der Waals surface area contributed by atoms with Gasteiger partial charge in [0.05, 0.1) is 13.1 Å². The highest BCUT2D eigenvalue weighted by atomic mass is 16.4. The Kier molecular flexibility index (Phi) is 18.2. The van der Waals surface area contributed by atoms with Crippen molar-refractivity contribution < 1.29 is 14.5 Å². The number of carboxylic acid groups (broad SMARTS) is 1. The molecule has 0 amide bonds. The molecule has 1 heterocycles. The number of nitrogens with zero attached hydrogens (tertiary/aromatic N) is 2. The Hall–Kier alpha value is -1.32. The Morgan fingerprint density at radius 2 is 1.09 bits per heavy atom. The molecular formula is C28H52N2O2. The Morgan fingerprint density at radius 1 is 0.688 bits per heavy atom. The van der Waals surface area contributed by atoms with Crippen molar-refractivity contribution in [3.63, 3.8) is 0 Å². The van der Waals surface area contributed by atoms with Crippen molar-refractivity contribution in [2.45, 2.75) is 155 Å². The highest BCUT2D eigenvalue weighted by Gasteiger charge is 2.17. The zero-order valence-electron chi connectivity index (χ0n) is 21.4. The molecule has 0 radical (unpaired) electrons. The molecular weight excluding hydrogens is 396 g/mol. The first-order chi connectivity index (χ1) is 15.7. The lowest BCUT2D eigenvalue weighted by Crippen LogP contribution is -2.44. The van der Waals surface area contributed by atoms with Crippen LogP contribution in [0.3, 0.4) is 0 Å². The van der Waals surface area contributed by atoms with E-state index in [1.54, 1.807) is 0 Å². The molecule has 0 atom stereocenters. The Labute approximate surface area is 198 Å². The molecule has 0 spiro atoms. The van der Waals surface area contributed by atoms with Gasteiger partial charge in [-0.1, -0.05) is 117 Å². The van der Waals surface area contributed by atoms with Gasteiger partial charge in [0.2, 0.25) is 0 Å². The fourth-order valence-electron chi connectivity index (χ4n) is 4.60. The van der Waals surface area contributed by atoms with E-state index in [-0.39, 0.29) is 0 Å². The van der Waals surface area contributed by atoms with Gasteiger partial charge in [-0.2, -0.15) is 0 Å². The van der Waals surface area contributed by atoms with Crippen molar-refractivity contribution in [3.8, 4) is 0 Å². The van der Waals surface area contributed by atoms with Crippen LogP contribution >= 0.6 is 0 Å². The first kappa shape index (κ1) is 28.7. The SMILES string of the molecule is CCCCCCCCCCCCn1cc[n+](CCCCCCCCCCCC)c1C(=O)[O-]. The number of rotatable bonds is 23. The molecule has 32 heavy (non-hydrogen) atoms. The number of carbonyl (C=O) groups is 1. The summed E-state index contributed by atoms with van der Waals surface area (Å²) in [4.78, 5) is 11.7. The number of aromatic carboxylic acids is 1. The zero-order valence-corrected chi connectivity index (χ0v) is 21.4. The Morgan fingerprint density at radius 3 is 1.53 bits per heavy atom. The molecule has 1 rings (SSSR count). The summed E-state index contributed by atoms with van der Waals surface area (Å²) in [7, 11) is 0. The van der Waals surface area contributed by atoms with Gasteiger partial charge < -0.3 is 9.90 Å². The van der Waals surface area contributed by atoms with E-state index in [1.165, 1.54) is 116 Å². The van der Waals surface area contributed by atoms with Crippen LogP contribution in [0.1, 0.15) is 153 Å². The molecule has 0 fully saturated rings. The van der Waals surface area contributed by atoms with Gasteiger partial charge in [-0.05, 0) is 25.7 Å². The number of carboxylic acids is 1. The first-order valence-electron chi connectivity index (χ1n) is 14.0. The molecule has 0 aromatic carbocycles. The molecule has 0 saturated carbocycles. The third kappa shape index (κ3) is 14.0. The highest BCUT2D eigenvalue weighted by molar-refractivity contribution is 5.79.